The Hall–Kier alpha value is -0.0800. The first-order valence-corrected chi connectivity index (χ1v) is 6.30. The van der Waals surface area contributed by atoms with Crippen molar-refractivity contribution in [2.24, 2.45) is 5.41 Å². The Kier molecular flexibility index (Phi) is 5.07. The van der Waals surface area contributed by atoms with E-state index < -0.39 is 0 Å². The van der Waals surface area contributed by atoms with Crippen molar-refractivity contribution in [1.29, 1.82) is 0 Å². The molecule has 2 unspecified atom stereocenters. The second-order valence-corrected chi connectivity index (χ2v) is 5.96. The third kappa shape index (κ3) is 5.53. The summed E-state index contributed by atoms with van der Waals surface area (Å²) in [6, 6.07) is 0.647. The molecule has 2 heteroatoms. The lowest BCUT2D eigenvalue weighted by atomic mass is 9.86. The monoisotopic (exact) mass is 213 g/mol. The largest absolute Gasteiger partial charge is 0.378 e. The molecule has 0 bridgehead atoms. The summed E-state index contributed by atoms with van der Waals surface area (Å²) < 4.78 is 5.65. The second-order valence-electron chi connectivity index (χ2n) is 5.96. The minimum atomic E-state index is 0.421. The van der Waals surface area contributed by atoms with Gasteiger partial charge in [0.25, 0.3) is 0 Å². The summed E-state index contributed by atoms with van der Waals surface area (Å²) in [5, 5.41) is 3.43. The zero-order valence-electron chi connectivity index (χ0n) is 10.8. The van der Waals surface area contributed by atoms with Gasteiger partial charge in [0, 0.05) is 12.6 Å². The highest BCUT2D eigenvalue weighted by Gasteiger charge is 2.20. The van der Waals surface area contributed by atoms with Crippen molar-refractivity contribution in [3.63, 3.8) is 0 Å². The Labute approximate surface area is 94.8 Å². The molecule has 90 valence electrons. The molecule has 0 saturated carbocycles. The SMILES string of the molecule is CNC(CCC1CCCO1)CC(C)(C)C. The van der Waals surface area contributed by atoms with Gasteiger partial charge in [0.2, 0.25) is 0 Å². The van der Waals surface area contributed by atoms with E-state index >= 15 is 0 Å². The standard InChI is InChI=1S/C13H27NO/c1-13(2,3)10-11(14-4)7-8-12-6-5-9-15-12/h11-12,14H,5-10H2,1-4H3. The third-order valence-electron chi connectivity index (χ3n) is 3.13. The molecule has 0 aromatic carbocycles. The first kappa shape index (κ1) is 13.0. The minimum Gasteiger partial charge on any atom is -0.378 e. The van der Waals surface area contributed by atoms with Gasteiger partial charge >= 0.3 is 0 Å². The van der Waals surface area contributed by atoms with Gasteiger partial charge in [-0.15, -0.1) is 0 Å². The van der Waals surface area contributed by atoms with Crippen LogP contribution in [-0.4, -0.2) is 25.8 Å². The van der Waals surface area contributed by atoms with E-state index in [1.807, 2.05) is 0 Å². The molecule has 1 aliphatic rings. The normalized spacial score (nSPS) is 24.4. The van der Waals surface area contributed by atoms with Crippen LogP contribution in [0.3, 0.4) is 0 Å². The summed E-state index contributed by atoms with van der Waals surface area (Å²) in [4.78, 5) is 0. The fourth-order valence-corrected chi connectivity index (χ4v) is 2.35. The van der Waals surface area contributed by atoms with Crippen LogP contribution in [0.25, 0.3) is 0 Å². The maximum Gasteiger partial charge on any atom is 0.0576 e. The van der Waals surface area contributed by atoms with E-state index in [2.05, 4.69) is 33.1 Å². The Balaban J connectivity index is 2.21. The van der Waals surface area contributed by atoms with Gasteiger partial charge in [-0.05, 0) is 44.6 Å². The first-order valence-electron chi connectivity index (χ1n) is 6.30. The maximum atomic E-state index is 5.65. The van der Waals surface area contributed by atoms with Crippen LogP contribution in [-0.2, 0) is 4.74 Å². The molecule has 0 amide bonds. The third-order valence-corrected chi connectivity index (χ3v) is 3.13. The molecular formula is C13H27NO. The molecule has 1 heterocycles. The zero-order chi connectivity index (χ0) is 11.3. The van der Waals surface area contributed by atoms with E-state index in [4.69, 9.17) is 4.74 Å². The highest BCUT2D eigenvalue weighted by atomic mass is 16.5. The van der Waals surface area contributed by atoms with E-state index in [-0.39, 0.29) is 0 Å². The summed E-state index contributed by atoms with van der Waals surface area (Å²) in [5.41, 5.74) is 0.421. The number of ether oxygens (including phenoxy) is 1. The second kappa shape index (κ2) is 5.86. The average Bonchev–Trinajstić information content (AvgIpc) is 2.62. The summed E-state index contributed by atoms with van der Waals surface area (Å²) in [5.74, 6) is 0. The molecule has 1 fully saturated rings. The Bertz CT molecular complexity index is 168. The molecule has 0 aromatic heterocycles. The van der Waals surface area contributed by atoms with Crippen molar-refractivity contribution in [1.82, 2.24) is 5.32 Å². The van der Waals surface area contributed by atoms with Crippen LogP contribution >= 0.6 is 0 Å². The van der Waals surface area contributed by atoms with Crippen molar-refractivity contribution >= 4 is 0 Å². The number of nitrogens with one attached hydrogen (secondary N) is 1. The van der Waals surface area contributed by atoms with Crippen molar-refractivity contribution in [3.05, 3.63) is 0 Å². The van der Waals surface area contributed by atoms with Crippen LogP contribution in [0.2, 0.25) is 0 Å². The van der Waals surface area contributed by atoms with Gasteiger partial charge in [-0.1, -0.05) is 20.8 Å². The molecule has 2 atom stereocenters. The molecule has 0 aromatic rings. The lowest BCUT2D eigenvalue weighted by molar-refractivity contribution is 0.0981. The molecule has 15 heavy (non-hydrogen) atoms. The van der Waals surface area contributed by atoms with Crippen molar-refractivity contribution in [2.45, 2.75) is 65.0 Å². The Morgan fingerprint density at radius 3 is 2.60 bits per heavy atom. The van der Waals surface area contributed by atoms with Gasteiger partial charge in [-0.2, -0.15) is 0 Å². The lowest BCUT2D eigenvalue weighted by Gasteiger charge is -2.26. The predicted molar refractivity (Wildman–Crippen MR) is 65.1 cm³/mol. The number of hydrogen-bond donors (Lipinski definition) is 1. The average molecular weight is 213 g/mol. The van der Waals surface area contributed by atoms with Gasteiger partial charge in [-0.3, -0.25) is 0 Å². The van der Waals surface area contributed by atoms with Crippen LogP contribution in [0, 0.1) is 5.41 Å². The van der Waals surface area contributed by atoms with Crippen LogP contribution in [0.1, 0.15) is 52.9 Å². The smallest absolute Gasteiger partial charge is 0.0576 e. The molecule has 1 saturated heterocycles. The molecule has 2 nitrogen and oxygen atoms in total. The zero-order valence-corrected chi connectivity index (χ0v) is 10.8. The lowest BCUT2D eigenvalue weighted by Crippen LogP contribution is -2.31. The van der Waals surface area contributed by atoms with E-state index in [9.17, 15) is 0 Å². The van der Waals surface area contributed by atoms with Gasteiger partial charge in [0.15, 0.2) is 0 Å². The predicted octanol–water partition coefficient (Wildman–Crippen LogP) is 2.97. The Morgan fingerprint density at radius 2 is 2.13 bits per heavy atom. The van der Waals surface area contributed by atoms with Gasteiger partial charge in [0.05, 0.1) is 6.10 Å². The topological polar surface area (TPSA) is 21.3 Å². The summed E-state index contributed by atoms with van der Waals surface area (Å²) in [6.07, 6.45) is 6.79. The van der Waals surface area contributed by atoms with E-state index in [0.29, 0.717) is 17.6 Å². The molecule has 1 aliphatic heterocycles. The van der Waals surface area contributed by atoms with Crippen LogP contribution < -0.4 is 5.32 Å². The molecule has 0 radical (unpaired) electrons. The molecule has 0 spiro atoms. The van der Waals surface area contributed by atoms with Crippen molar-refractivity contribution in [3.8, 4) is 0 Å². The summed E-state index contributed by atoms with van der Waals surface area (Å²) in [7, 11) is 2.08. The summed E-state index contributed by atoms with van der Waals surface area (Å²) >= 11 is 0. The Morgan fingerprint density at radius 1 is 1.40 bits per heavy atom. The molecule has 1 rings (SSSR count). The first-order chi connectivity index (χ1) is 7.01. The van der Waals surface area contributed by atoms with E-state index in [1.54, 1.807) is 0 Å². The van der Waals surface area contributed by atoms with E-state index in [0.717, 1.165) is 6.61 Å². The van der Waals surface area contributed by atoms with Crippen LogP contribution in [0.5, 0.6) is 0 Å². The quantitative estimate of drug-likeness (QED) is 0.758. The van der Waals surface area contributed by atoms with E-state index in [1.165, 1.54) is 32.1 Å². The highest BCUT2D eigenvalue weighted by molar-refractivity contribution is 4.76. The summed E-state index contributed by atoms with van der Waals surface area (Å²) in [6.45, 7) is 7.91. The van der Waals surface area contributed by atoms with Gasteiger partial charge in [-0.25, -0.2) is 0 Å². The molecular weight excluding hydrogens is 186 g/mol. The van der Waals surface area contributed by atoms with Crippen molar-refractivity contribution < 1.29 is 4.74 Å². The fourth-order valence-electron chi connectivity index (χ4n) is 2.35. The number of hydrogen-bond acceptors (Lipinski definition) is 2. The molecule has 1 N–H and O–H groups in total. The van der Waals surface area contributed by atoms with Crippen LogP contribution in [0.4, 0.5) is 0 Å². The van der Waals surface area contributed by atoms with Crippen LogP contribution in [0.15, 0.2) is 0 Å². The number of rotatable bonds is 5. The maximum absolute atomic E-state index is 5.65. The highest BCUT2D eigenvalue weighted by Crippen LogP contribution is 2.24. The molecule has 0 aliphatic carbocycles. The fraction of sp³-hybridized carbons (Fsp3) is 1.00. The van der Waals surface area contributed by atoms with Gasteiger partial charge < -0.3 is 10.1 Å². The van der Waals surface area contributed by atoms with Crippen molar-refractivity contribution in [2.75, 3.05) is 13.7 Å². The minimum absolute atomic E-state index is 0.421. The van der Waals surface area contributed by atoms with Gasteiger partial charge in [0.1, 0.15) is 0 Å².